The Balaban J connectivity index is 1.84. The van der Waals surface area contributed by atoms with Gasteiger partial charge in [0.15, 0.2) is 5.43 Å². The van der Waals surface area contributed by atoms with Gasteiger partial charge in [-0.3, -0.25) is 9.52 Å². The van der Waals surface area contributed by atoms with Crippen LogP contribution in [0.5, 0.6) is 11.5 Å². The van der Waals surface area contributed by atoms with Crippen LogP contribution >= 0.6 is 0 Å². The molecule has 3 aromatic carbocycles. The molecule has 29 heavy (non-hydrogen) atoms. The zero-order chi connectivity index (χ0) is 20.6. The second-order valence-corrected chi connectivity index (χ2v) is 8.06. The smallest absolute Gasteiger partial charge is 0.261 e. The molecule has 8 heteroatoms. The predicted octanol–water partition coefficient (Wildman–Crippen LogP) is 3.50. The van der Waals surface area contributed by atoms with Crippen molar-refractivity contribution < 1.29 is 17.9 Å². The predicted molar refractivity (Wildman–Crippen MR) is 112 cm³/mol. The van der Waals surface area contributed by atoms with Crippen LogP contribution in [0.15, 0.2) is 70.4 Å². The fourth-order valence-electron chi connectivity index (χ4n) is 3.15. The van der Waals surface area contributed by atoms with Gasteiger partial charge < -0.3 is 14.5 Å². The highest BCUT2D eigenvalue weighted by Gasteiger charge is 2.17. The van der Waals surface area contributed by atoms with Gasteiger partial charge in [-0.2, -0.15) is 0 Å². The Hall–Kier alpha value is -3.52. The molecule has 0 spiro atoms. The van der Waals surface area contributed by atoms with Gasteiger partial charge in [-0.25, -0.2) is 8.42 Å². The van der Waals surface area contributed by atoms with Gasteiger partial charge in [0.1, 0.15) is 11.5 Å². The molecule has 0 unspecified atom stereocenters. The number of aromatic nitrogens is 1. The van der Waals surface area contributed by atoms with Crippen LogP contribution in [0.1, 0.15) is 0 Å². The topological polar surface area (TPSA) is 97.5 Å². The van der Waals surface area contributed by atoms with Crippen molar-refractivity contribution in [3.05, 3.63) is 70.9 Å². The standard InChI is InChI=1S/C21H18N2O5S/c1-27-13-6-9-15(10-7-13)29(25,26)23-19-5-3-4-16-20(19)22-18-11-8-14(28-2)12-17(18)21(16)24/h3-12,23H,1-2H3,(H,22,24). The summed E-state index contributed by atoms with van der Waals surface area (Å²) in [5.74, 6) is 1.12. The number of rotatable bonds is 5. The first-order valence-corrected chi connectivity index (χ1v) is 10.2. The van der Waals surface area contributed by atoms with E-state index in [4.69, 9.17) is 9.47 Å². The zero-order valence-corrected chi connectivity index (χ0v) is 16.5. The molecular formula is C21H18N2O5S. The van der Waals surface area contributed by atoms with E-state index in [1.165, 1.54) is 26.4 Å². The average molecular weight is 410 g/mol. The third-order valence-electron chi connectivity index (χ3n) is 4.65. The lowest BCUT2D eigenvalue weighted by atomic mass is 10.1. The molecule has 0 aliphatic heterocycles. The number of para-hydroxylation sites is 1. The van der Waals surface area contributed by atoms with E-state index in [1.807, 2.05) is 0 Å². The van der Waals surface area contributed by atoms with E-state index in [2.05, 4.69) is 9.71 Å². The largest absolute Gasteiger partial charge is 0.497 e. The van der Waals surface area contributed by atoms with Crippen LogP contribution in [0.25, 0.3) is 21.8 Å². The van der Waals surface area contributed by atoms with E-state index >= 15 is 0 Å². The molecule has 4 rings (SSSR count). The lowest BCUT2D eigenvalue weighted by Gasteiger charge is -2.12. The highest BCUT2D eigenvalue weighted by Crippen LogP contribution is 2.26. The summed E-state index contributed by atoms with van der Waals surface area (Å²) in [7, 11) is -0.816. The minimum absolute atomic E-state index is 0.0863. The summed E-state index contributed by atoms with van der Waals surface area (Å²) in [6.07, 6.45) is 0. The fourth-order valence-corrected chi connectivity index (χ4v) is 4.22. The number of methoxy groups -OCH3 is 2. The van der Waals surface area contributed by atoms with Gasteiger partial charge in [0.05, 0.1) is 35.8 Å². The van der Waals surface area contributed by atoms with Crippen molar-refractivity contribution >= 4 is 37.5 Å². The lowest BCUT2D eigenvalue weighted by molar-refractivity contribution is 0.414. The Bertz CT molecular complexity index is 1380. The van der Waals surface area contributed by atoms with Crippen molar-refractivity contribution in [3.8, 4) is 11.5 Å². The highest BCUT2D eigenvalue weighted by molar-refractivity contribution is 7.92. The van der Waals surface area contributed by atoms with Gasteiger partial charge >= 0.3 is 0 Å². The summed E-state index contributed by atoms with van der Waals surface area (Å²) < 4.78 is 38.5. The normalized spacial score (nSPS) is 11.5. The molecule has 148 valence electrons. The van der Waals surface area contributed by atoms with Crippen LogP contribution in [0.2, 0.25) is 0 Å². The number of sulfonamides is 1. The lowest BCUT2D eigenvalue weighted by Crippen LogP contribution is -2.14. The second kappa shape index (κ2) is 7.14. The van der Waals surface area contributed by atoms with Crippen LogP contribution in [-0.4, -0.2) is 27.6 Å². The van der Waals surface area contributed by atoms with Crippen molar-refractivity contribution in [2.75, 3.05) is 18.9 Å². The minimum atomic E-state index is -3.85. The number of nitrogens with one attached hydrogen (secondary N) is 2. The van der Waals surface area contributed by atoms with E-state index in [9.17, 15) is 13.2 Å². The van der Waals surface area contributed by atoms with E-state index in [1.54, 1.807) is 48.5 Å². The summed E-state index contributed by atoms with van der Waals surface area (Å²) in [4.78, 5) is 16.2. The van der Waals surface area contributed by atoms with Gasteiger partial charge in [0, 0.05) is 10.8 Å². The molecule has 0 saturated carbocycles. The van der Waals surface area contributed by atoms with Crippen LogP contribution < -0.4 is 19.6 Å². The van der Waals surface area contributed by atoms with E-state index in [0.717, 1.165) is 0 Å². The molecule has 0 atom stereocenters. The van der Waals surface area contributed by atoms with Gasteiger partial charge in [0.2, 0.25) is 0 Å². The summed E-state index contributed by atoms with van der Waals surface area (Å²) >= 11 is 0. The number of fused-ring (bicyclic) bond motifs is 2. The first-order valence-electron chi connectivity index (χ1n) is 8.72. The Morgan fingerprint density at radius 3 is 2.24 bits per heavy atom. The molecule has 0 radical (unpaired) electrons. The monoisotopic (exact) mass is 410 g/mol. The number of anilines is 1. The molecule has 0 aliphatic rings. The Morgan fingerprint density at radius 2 is 1.55 bits per heavy atom. The molecule has 0 saturated heterocycles. The molecule has 0 amide bonds. The van der Waals surface area contributed by atoms with Gasteiger partial charge in [-0.1, -0.05) is 6.07 Å². The Kier molecular flexibility index (Phi) is 4.63. The Labute approximate surface area is 167 Å². The van der Waals surface area contributed by atoms with E-state index in [-0.39, 0.29) is 16.0 Å². The molecule has 2 N–H and O–H groups in total. The maximum absolute atomic E-state index is 12.9. The third-order valence-corrected chi connectivity index (χ3v) is 6.04. The maximum Gasteiger partial charge on any atom is 0.261 e. The number of H-pyrrole nitrogens is 1. The molecular weight excluding hydrogens is 392 g/mol. The molecule has 7 nitrogen and oxygen atoms in total. The number of aromatic amines is 1. The van der Waals surface area contributed by atoms with Crippen LogP contribution in [0, 0.1) is 0 Å². The third kappa shape index (κ3) is 3.38. The van der Waals surface area contributed by atoms with Crippen LogP contribution in [0.3, 0.4) is 0 Å². The first kappa shape index (κ1) is 18.8. The highest BCUT2D eigenvalue weighted by atomic mass is 32.2. The Morgan fingerprint density at radius 1 is 0.862 bits per heavy atom. The van der Waals surface area contributed by atoms with Crippen molar-refractivity contribution in [1.82, 2.24) is 4.98 Å². The summed E-state index contributed by atoms with van der Waals surface area (Å²) in [5, 5.41) is 0.840. The van der Waals surface area contributed by atoms with Crippen molar-refractivity contribution in [1.29, 1.82) is 0 Å². The number of pyridine rings is 1. The fraction of sp³-hybridized carbons (Fsp3) is 0.0952. The molecule has 1 heterocycles. The number of benzene rings is 3. The van der Waals surface area contributed by atoms with Crippen molar-refractivity contribution in [3.63, 3.8) is 0 Å². The SMILES string of the molecule is COc1ccc(S(=O)(=O)Nc2cccc3c(=O)c4cc(OC)ccc4[nH]c23)cc1. The second-order valence-electron chi connectivity index (χ2n) is 6.37. The van der Waals surface area contributed by atoms with Crippen LogP contribution in [0.4, 0.5) is 5.69 Å². The minimum Gasteiger partial charge on any atom is -0.497 e. The molecule has 0 aliphatic carbocycles. The van der Waals surface area contributed by atoms with Gasteiger partial charge in [0.25, 0.3) is 10.0 Å². The maximum atomic E-state index is 12.9. The quantitative estimate of drug-likeness (QED) is 0.491. The molecule has 0 bridgehead atoms. The number of ether oxygens (including phenoxy) is 2. The van der Waals surface area contributed by atoms with Gasteiger partial charge in [-0.15, -0.1) is 0 Å². The summed E-state index contributed by atoms with van der Waals surface area (Å²) in [5.41, 5.74) is 1.07. The first-order chi connectivity index (χ1) is 13.9. The molecule has 1 aromatic heterocycles. The molecule has 0 fully saturated rings. The van der Waals surface area contributed by atoms with Crippen LogP contribution in [-0.2, 0) is 10.0 Å². The van der Waals surface area contributed by atoms with Crippen molar-refractivity contribution in [2.45, 2.75) is 4.90 Å². The average Bonchev–Trinajstić information content (AvgIpc) is 2.74. The summed E-state index contributed by atoms with van der Waals surface area (Å²) in [6, 6.07) is 16.1. The van der Waals surface area contributed by atoms with Crippen molar-refractivity contribution in [2.24, 2.45) is 0 Å². The van der Waals surface area contributed by atoms with E-state index in [0.29, 0.717) is 33.3 Å². The number of hydrogen-bond donors (Lipinski definition) is 2. The summed E-state index contributed by atoms with van der Waals surface area (Å²) in [6.45, 7) is 0. The zero-order valence-electron chi connectivity index (χ0n) is 15.7. The van der Waals surface area contributed by atoms with E-state index < -0.39 is 10.0 Å². The number of hydrogen-bond acceptors (Lipinski definition) is 5. The molecule has 4 aromatic rings. The van der Waals surface area contributed by atoms with Gasteiger partial charge in [-0.05, 0) is 54.6 Å².